The van der Waals surface area contributed by atoms with Crippen LogP contribution in [0.25, 0.3) is 0 Å². The molecule has 0 aliphatic carbocycles. The Kier molecular flexibility index (Phi) is 4.19. The zero-order valence-corrected chi connectivity index (χ0v) is 11.2. The highest BCUT2D eigenvalue weighted by atomic mass is 16.6. The minimum Gasteiger partial charge on any atom is -0.378 e. The molecule has 0 aromatic rings. The third-order valence-corrected chi connectivity index (χ3v) is 4.46. The molecule has 3 rings (SSSR count). The summed E-state index contributed by atoms with van der Waals surface area (Å²) in [7, 11) is 0. The van der Waals surface area contributed by atoms with Crippen LogP contribution in [0.4, 0.5) is 0 Å². The molecule has 0 aromatic carbocycles. The second-order valence-electron chi connectivity index (χ2n) is 5.93. The second kappa shape index (κ2) is 5.87. The fourth-order valence-corrected chi connectivity index (χ4v) is 3.31. The number of rotatable bonds is 3. The van der Waals surface area contributed by atoms with Crippen molar-refractivity contribution in [3.63, 3.8) is 0 Å². The maximum atomic E-state index is 6.11. The third kappa shape index (κ3) is 3.05. The lowest BCUT2D eigenvalue weighted by atomic mass is 9.91. The van der Waals surface area contributed by atoms with Gasteiger partial charge in [-0.15, -0.1) is 0 Å². The van der Waals surface area contributed by atoms with Crippen molar-refractivity contribution < 1.29 is 14.2 Å². The molecule has 1 spiro atoms. The summed E-state index contributed by atoms with van der Waals surface area (Å²) in [5.74, 6) is 0. The van der Waals surface area contributed by atoms with Crippen LogP contribution in [0, 0.1) is 0 Å². The van der Waals surface area contributed by atoms with Gasteiger partial charge in [-0.05, 0) is 25.8 Å². The fraction of sp³-hybridized carbons (Fsp3) is 1.00. The van der Waals surface area contributed by atoms with E-state index in [0.29, 0.717) is 12.1 Å². The quantitative estimate of drug-likeness (QED) is 0.829. The van der Waals surface area contributed by atoms with Gasteiger partial charge in [0.25, 0.3) is 0 Å². The minimum absolute atomic E-state index is 0.0249. The molecule has 3 atom stereocenters. The summed E-state index contributed by atoms with van der Waals surface area (Å²) in [6.45, 7) is 4.44. The van der Waals surface area contributed by atoms with Crippen LogP contribution in [0.15, 0.2) is 0 Å². The van der Waals surface area contributed by atoms with Crippen molar-refractivity contribution in [3.8, 4) is 0 Å². The van der Waals surface area contributed by atoms with E-state index >= 15 is 0 Å². The molecular formula is C14H25NO3. The number of nitrogens with one attached hydrogen (secondary N) is 1. The molecule has 3 aliphatic heterocycles. The van der Waals surface area contributed by atoms with E-state index in [4.69, 9.17) is 14.2 Å². The molecule has 1 N–H and O–H groups in total. The van der Waals surface area contributed by atoms with Gasteiger partial charge in [0.05, 0.1) is 24.9 Å². The predicted octanol–water partition coefficient (Wildman–Crippen LogP) is 1.48. The van der Waals surface area contributed by atoms with Crippen LogP contribution in [0.3, 0.4) is 0 Å². The van der Waals surface area contributed by atoms with Crippen molar-refractivity contribution in [3.05, 3.63) is 0 Å². The summed E-state index contributed by atoms with van der Waals surface area (Å²) < 4.78 is 17.5. The molecule has 3 fully saturated rings. The first-order valence-corrected chi connectivity index (χ1v) is 7.43. The average molecular weight is 255 g/mol. The van der Waals surface area contributed by atoms with E-state index in [1.807, 2.05) is 0 Å². The number of hydrogen-bond donors (Lipinski definition) is 1. The average Bonchev–Trinajstić information content (AvgIpc) is 2.86. The van der Waals surface area contributed by atoms with Crippen molar-refractivity contribution in [2.75, 3.05) is 33.0 Å². The summed E-state index contributed by atoms with van der Waals surface area (Å²) in [6, 6.07) is 0.567. The van der Waals surface area contributed by atoms with Crippen LogP contribution in [-0.2, 0) is 14.2 Å². The van der Waals surface area contributed by atoms with Crippen LogP contribution in [0.1, 0.15) is 38.5 Å². The number of piperidine rings is 1. The summed E-state index contributed by atoms with van der Waals surface area (Å²) >= 11 is 0. The Hall–Kier alpha value is -0.160. The molecule has 3 heterocycles. The highest BCUT2D eigenvalue weighted by Gasteiger charge is 2.41. The molecule has 0 amide bonds. The molecule has 0 aromatic heterocycles. The maximum absolute atomic E-state index is 6.11. The molecule has 4 nitrogen and oxygen atoms in total. The first-order valence-electron chi connectivity index (χ1n) is 7.43. The Labute approximate surface area is 109 Å². The lowest BCUT2D eigenvalue weighted by Gasteiger charge is -2.37. The van der Waals surface area contributed by atoms with Gasteiger partial charge in [-0.2, -0.15) is 0 Å². The van der Waals surface area contributed by atoms with Gasteiger partial charge >= 0.3 is 0 Å². The Bertz CT molecular complexity index is 260. The van der Waals surface area contributed by atoms with Gasteiger partial charge < -0.3 is 19.5 Å². The van der Waals surface area contributed by atoms with Gasteiger partial charge in [-0.25, -0.2) is 0 Å². The van der Waals surface area contributed by atoms with Crippen LogP contribution in [0.2, 0.25) is 0 Å². The number of hydrogen-bond acceptors (Lipinski definition) is 4. The van der Waals surface area contributed by atoms with E-state index in [1.165, 1.54) is 19.3 Å². The van der Waals surface area contributed by atoms with Crippen LogP contribution >= 0.6 is 0 Å². The predicted molar refractivity (Wildman–Crippen MR) is 68.7 cm³/mol. The van der Waals surface area contributed by atoms with Gasteiger partial charge in [-0.1, -0.05) is 6.42 Å². The lowest BCUT2D eigenvalue weighted by molar-refractivity contribution is -0.135. The SMILES string of the molecule is C1CCC(COC2CCOC3(CCOC3)C2)NC1. The molecular weight excluding hydrogens is 230 g/mol. The lowest BCUT2D eigenvalue weighted by Crippen LogP contribution is -2.45. The maximum Gasteiger partial charge on any atom is 0.0961 e. The third-order valence-electron chi connectivity index (χ3n) is 4.46. The molecule has 3 saturated heterocycles. The van der Waals surface area contributed by atoms with Crippen LogP contribution in [-0.4, -0.2) is 50.7 Å². The summed E-state index contributed by atoms with van der Waals surface area (Å²) in [6.07, 6.45) is 7.37. The Balaban J connectivity index is 1.44. The molecule has 4 heteroatoms. The van der Waals surface area contributed by atoms with Gasteiger partial charge in [0.1, 0.15) is 0 Å². The summed E-state index contributed by atoms with van der Waals surface area (Å²) in [5.41, 5.74) is -0.0249. The van der Waals surface area contributed by atoms with Crippen molar-refractivity contribution in [2.45, 2.75) is 56.3 Å². The van der Waals surface area contributed by atoms with Crippen molar-refractivity contribution in [2.24, 2.45) is 0 Å². The Morgan fingerprint density at radius 2 is 2.22 bits per heavy atom. The first kappa shape index (κ1) is 12.9. The fourth-order valence-electron chi connectivity index (χ4n) is 3.31. The standard InChI is InChI=1S/C14H25NO3/c1-2-6-15-12(3-1)10-17-13-4-7-18-14(9-13)5-8-16-11-14/h12-13,15H,1-11H2. The monoisotopic (exact) mass is 255 g/mol. The molecule has 3 unspecified atom stereocenters. The highest BCUT2D eigenvalue weighted by Crippen LogP contribution is 2.34. The molecule has 0 bridgehead atoms. The Morgan fingerprint density at radius 1 is 1.22 bits per heavy atom. The van der Waals surface area contributed by atoms with Crippen molar-refractivity contribution in [1.82, 2.24) is 5.32 Å². The molecule has 0 saturated carbocycles. The van der Waals surface area contributed by atoms with Crippen LogP contribution < -0.4 is 5.32 Å². The topological polar surface area (TPSA) is 39.7 Å². The smallest absolute Gasteiger partial charge is 0.0961 e. The van der Waals surface area contributed by atoms with Crippen molar-refractivity contribution >= 4 is 0 Å². The zero-order valence-electron chi connectivity index (χ0n) is 11.2. The largest absolute Gasteiger partial charge is 0.378 e. The second-order valence-corrected chi connectivity index (χ2v) is 5.93. The molecule has 0 radical (unpaired) electrons. The summed E-state index contributed by atoms with van der Waals surface area (Å²) in [4.78, 5) is 0. The van der Waals surface area contributed by atoms with Gasteiger partial charge in [-0.3, -0.25) is 0 Å². The van der Waals surface area contributed by atoms with Crippen LogP contribution in [0.5, 0.6) is 0 Å². The van der Waals surface area contributed by atoms with Crippen molar-refractivity contribution in [1.29, 1.82) is 0 Å². The van der Waals surface area contributed by atoms with Gasteiger partial charge in [0.2, 0.25) is 0 Å². The van der Waals surface area contributed by atoms with Gasteiger partial charge in [0, 0.05) is 32.1 Å². The van der Waals surface area contributed by atoms with E-state index in [9.17, 15) is 0 Å². The highest BCUT2D eigenvalue weighted by molar-refractivity contribution is 4.91. The van der Waals surface area contributed by atoms with E-state index in [0.717, 1.165) is 52.2 Å². The van der Waals surface area contributed by atoms with E-state index < -0.39 is 0 Å². The molecule has 3 aliphatic rings. The van der Waals surface area contributed by atoms with E-state index in [-0.39, 0.29) is 5.60 Å². The van der Waals surface area contributed by atoms with E-state index in [2.05, 4.69) is 5.32 Å². The Morgan fingerprint density at radius 3 is 3.00 bits per heavy atom. The normalized spacial score (nSPS) is 41.3. The molecule has 18 heavy (non-hydrogen) atoms. The number of ether oxygens (including phenoxy) is 3. The first-order chi connectivity index (χ1) is 8.86. The minimum atomic E-state index is -0.0249. The van der Waals surface area contributed by atoms with E-state index in [1.54, 1.807) is 0 Å². The van der Waals surface area contributed by atoms with Gasteiger partial charge in [0.15, 0.2) is 0 Å². The molecule has 104 valence electrons. The zero-order chi connectivity index (χ0) is 12.3. The summed E-state index contributed by atoms with van der Waals surface area (Å²) in [5, 5.41) is 3.54.